The molecule has 1 aromatic rings. The Balaban J connectivity index is 2.20. The van der Waals surface area contributed by atoms with Gasteiger partial charge in [0.25, 0.3) is 0 Å². The van der Waals surface area contributed by atoms with Crippen LogP contribution in [0.4, 0.5) is 4.39 Å². The van der Waals surface area contributed by atoms with E-state index in [1.165, 1.54) is 18.6 Å². The van der Waals surface area contributed by atoms with E-state index in [1.807, 2.05) is 13.8 Å². The predicted octanol–water partition coefficient (Wildman–Crippen LogP) is 3.27. The van der Waals surface area contributed by atoms with Crippen LogP contribution in [0.2, 0.25) is 0 Å². The lowest BCUT2D eigenvalue weighted by Crippen LogP contribution is -2.52. The number of likely N-dealkylation sites (tertiary alicyclic amines) is 1. The summed E-state index contributed by atoms with van der Waals surface area (Å²) >= 11 is 0. The van der Waals surface area contributed by atoms with Gasteiger partial charge in [0.1, 0.15) is 5.82 Å². The van der Waals surface area contributed by atoms with Gasteiger partial charge in [0.05, 0.1) is 5.54 Å². The van der Waals surface area contributed by atoms with E-state index in [4.69, 9.17) is 0 Å². The van der Waals surface area contributed by atoms with Gasteiger partial charge in [-0.25, -0.2) is 4.39 Å². The Morgan fingerprint density at radius 3 is 2.50 bits per heavy atom. The third kappa shape index (κ3) is 2.61. The van der Waals surface area contributed by atoms with Gasteiger partial charge in [-0.15, -0.1) is 0 Å². The summed E-state index contributed by atoms with van der Waals surface area (Å²) in [7, 11) is 0. The summed E-state index contributed by atoms with van der Waals surface area (Å²) < 4.78 is 13.2. The van der Waals surface area contributed by atoms with Gasteiger partial charge >= 0.3 is 0 Å². The third-order valence-corrected chi connectivity index (χ3v) is 3.79. The average molecular weight is 249 g/mol. The molecular weight excluding hydrogens is 229 g/mol. The lowest BCUT2D eigenvalue weighted by molar-refractivity contribution is 0.0579. The molecule has 2 nitrogen and oxygen atoms in total. The van der Waals surface area contributed by atoms with Crippen molar-refractivity contribution in [2.45, 2.75) is 38.6 Å². The monoisotopic (exact) mass is 249 g/mol. The quantitative estimate of drug-likeness (QED) is 0.766. The van der Waals surface area contributed by atoms with Gasteiger partial charge in [0, 0.05) is 5.56 Å². The molecule has 0 atom stereocenters. The Bertz CT molecular complexity index is 436. The van der Waals surface area contributed by atoms with Gasteiger partial charge in [-0.05, 0) is 51.9 Å². The number of Topliss-reactive ketones (excluding diaryl/α,β-unsaturated/α-hetero) is 1. The first kappa shape index (κ1) is 13.2. The van der Waals surface area contributed by atoms with Crippen molar-refractivity contribution in [1.29, 1.82) is 0 Å². The van der Waals surface area contributed by atoms with Crippen molar-refractivity contribution in [3.05, 3.63) is 35.6 Å². The SMILES string of the molecule is CC(C)(C(=O)c1cccc(F)c1)N1CCCCC1. The standard InChI is InChI=1S/C15H20FNO/c1-15(2,17-9-4-3-5-10-17)14(18)12-7-6-8-13(16)11-12/h6-8,11H,3-5,9-10H2,1-2H3. The molecule has 1 aromatic carbocycles. The maximum atomic E-state index is 13.2. The fourth-order valence-electron chi connectivity index (χ4n) is 2.58. The molecular formula is C15H20FNO. The minimum atomic E-state index is -0.547. The topological polar surface area (TPSA) is 20.3 Å². The molecule has 3 heteroatoms. The van der Waals surface area contributed by atoms with E-state index < -0.39 is 5.54 Å². The molecule has 98 valence electrons. The first-order chi connectivity index (χ1) is 8.51. The Morgan fingerprint density at radius 2 is 1.89 bits per heavy atom. The summed E-state index contributed by atoms with van der Waals surface area (Å²) in [4.78, 5) is 14.7. The van der Waals surface area contributed by atoms with Crippen LogP contribution in [0.15, 0.2) is 24.3 Å². The molecule has 1 heterocycles. The molecule has 0 unspecified atom stereocenters. The predicted molar refractivity (Wildman–Crippen MR) is 70.2 cm³/mol. The second-order valence-corrected chi connectivity index (χ2v) is 5.45. The molecule has 2 rings (SSSR count). The summed E-state index contributed by atoms with van der Waals surface area (Å²) in [6, 6.07) is 5.98. The van der Waals surface area contributed by atoms with Crippen molar-refractivity contribution in [2.24, 2.45) is 0 Å². The van der Waals surface area contributed by atoms with Crippen LogP contribution in [-0.4, -0.2) is 29.3 Å². The molecule has 0 amide bonds. The highest BCUT2D eigenvalue weighted by Gasteiger charge is 2.35. The van der Waals surface area contributed by atoms with Crippen LogP contribution in [0.25, 0.3) is 0 Å². The van der Waals surface area contributed by atoms with Crippen LogP contribution in [0.1, 0.15) is 43.5 Å². The average Bonchev–Trinajstić information content (AvgIpc) is 2.39. The first-order valence-corrected chi connectivity index (χ1v) is 6.57. The van der Waals surface area contributed by atoms with Gasteiger partial charge in [-0.3, -0.25) is 9.69 Å². The number of nitrogens with zero attached hydrogens (tertiary/aromatic N) is 1. The van der Waals surface area contributed by atoms with Crippen molar-refractivity contribution in [3.8, 4) is 0 Å². The zero-order valence-corrected chi connectivity index (χ0v) is 11.1. The molecule has 0 saturated carbocycles. The Morgan fingerprint density at radius 1 is 1.22 bits per heavy atom. The second-order valence-electron chi connectivity index (χ2n) is 5.45. The first-order valence-electron chi connectivity index (χ1n) is 6.57. The zero-order valence-electron chi connectivity index (χ0n) is 11.1. The van der Waals surface area contributed by atoms with Crippen molar-refractivity contribution in [3.63, 3.8) is 0 Å². The number of rotatable bonds is 3. The lowest BCUT2D eigenvalue weighted by atomic mass is 9.89. The summed E-state index contributed by atoms with van der Waals surface area (Å²) in [6.07, 6.45) is 3.51. The molecule has 0 radical (unpaired) electrons. The van der Waals surface area contributed by atoms with Crippen LogP contribution in [0, 0.1) is 5.82 Å². The molecule has 1 saturated heterocycles. The van der Waals surface area contributed by atoms with E-state index in [0.29, 0.717) is 5.56 Å². The number of carbonyl (C=O) groups excluding carboxylic acids is 1. The smallest absolute Gasteiger partial charge is 0.182 e. The molecule has 0 spiro atoms. The maximum absolute atomic E-state index is 13.2. The van der Waals surface area contributed by atoms with Crippen molar-refractivity contribution >= 4 is 5.78 Å². The number of piperidine rings is 1. The van der Waals surface area contributed by atoms with E-state index in [9.17, 15) is 9.18 Å². The van der Waals surface area contributed by atoms with Gasteiger partial charge in [0.15, 0.2) is 5.78 Å². The van der Waals surface area contributed by atoms with Crippen molar-refractivity contribution < 1.29 is 9.18 Å². The van der Waals surface area contributed by atoms with Gasteiger partial charge in [0.2, 0.25) is 0 Å². The normalized spacial score (nSPS) is 17.7. The highest BCUT2D eigenvalue weighted by atomic mass is 19.1. The fourth-order valence-corrected chi connectivity index (χ4v) is 2.58. The zero-order chi connectivity index (χ0) is 13.2. The van der Waals surface area contributed by atoms with Gasteiger partial charge in [-0.2, -0.15) is 0 Å². The molecule has 1 aliphatic rings. The lowest BCUT2D eigenvalue weighted by Gasteiger charge is -2.39. The fraction of sp³-hybridized carbons (Fsp3) is 0.533. The van der Waals surface area contributed by atoms with Crippen LogP contribution >= 0.6 is 0 Å². The molecule has 0 bridgehead atoms. The van der Waals surface area contributed by atoms with E-state index in [1.54, 1.807) is 12.1 Å². The van der Waals surface area contributed by atoms with Crippen LogP contribution in [0.3, 0.4) is 0 Å². The second kappa shape index (κ2) is 5.19. The summed E-state index contributed by atoms with van der Waals surface area (Å²) in [5.74, 6) is -0.348. The van der Waals surface area contributed by atoms with Crippen molar-refractivity contribution in [2.75, 3.05) is 13.1 Å². The highest BCUT2D eigenvalue weighted by Crippen LogP contribution is 2.24. The molecule has 0 N–H and O–H groups in total. The number of hydrogen-bond acceptors (Lipinski definition) is 2. The molecule has 1 fully saturated rings. The highest BCUT2D eigenvalue weighted by molar-refractivity contribution is 6.02. The van der Waals surface area contributed by atoms with Gasteiger partial charge < -0.3 is 0 Å². The third-order valence-electron chi connectivity index (χ3n) is 3.79. The van der Waals surface area contributed by atoms with Crippen LogP contribution in [-0.2, 0) is 0 Å². The van der Waals surface area contributed by atoms with Gasteiger partial charge in [-0.1, -0.05) is 18.6 Å². The summed E-state index contributed by atoms with van der Waals surface area (Å²) in [5.41, 5.74) is -0.0839. The Kier molecular flexibility index (Phi) is 3.81. The minimum absolute atomic E-state index is 0.00361. The molecule has 18 heavy (non-hydrogen) atoms. The van der Waals surface area contributed by atoms with Crippen LogP contribution < -0.4 is 0 Å². The number of ketones is 1. The maximum Gasteiger partial charge on any atom is 0.182 e. The molecule has 1 aliphatic heterocycles. The Labute approximate surface area is 108 Å². The van der Waals surface area contributed by atoms with E-state index >= 15 is 0 Å². The van der Waals surface area contributed by atoms with E-state index in [2.05, 4.69) is 4.90 Å². The van der Waals surface area contributed by atoms with E-state index in [0.717, 1.165) is 25.9 Å². The largest absolute Gasteiger partial charge is 0.292 e. The van der Waals surface area contributed by atoms with Crippen LogP contribution in [0.5, 0.6) is 0 Å². The number of carbonyl (C=O) groups is 1. The summed E-state index contributed by atoms with van der Waals surface area (Å²) in [5, 5.41) is 0. The minimum Gasteiger partial charge on any atom is -0.292 e. The number of hydrogen-bond donors (Lipinski definition) is 0. The molecule has 0 aromatic heterocycles. The number of halogens is 1. The van der Waals surface area contributed by atoms with Crippen molar-refractivity contribution in [1.82, 2.24) is 4.90 Å². The molecule has 0 aliphatic carbocycles. The Hall–Kier alpha value is -1.22. The number of benzene rings is 1. The van der Waals surface area contributed by atoms with E-state index in [-0.39, 0.29) is 11.6 Å². The summed E-state index contributed by atoms with van der Waals surface area (Å²) in [6.45, 7) is 5.78.